The van der Waals surface area contributed by atoms with Crippen molar-refractivity contribution in [2.45, 2.75) is 20.4 Å². The average Bonchev–Trinajstić information content (AvgIpc) is 2.32. The molecule has 1 atom stereocenters. The molecule has 0 spiro atoms. The van der Waals surface area contributed by atoms with Crippen LogP contribution in [-0.4, -0.2) is 24.4 Å². The van der Waals surface area contributed by atoms with Crippen LogP contribution in [0.2, 0.25) is 5.02 Å². The molecule has 1 amide bonds. The summed E-state index contributed by atoms with van der Waals surface area (Å²) in [6.45, 7) is 5.01. The van der Waals surface area contributed by atoms with Gasteiger partial charge in [0.1, 0.15) is 0 Å². The van der Waals surface area contributed by atoms with Crippen molar-refractivity contribution in [3.63, 3.8) is 0 Å². The summed E-state index contributed by atoms with van der Waals surface area (Å²) >= 11 is 5.83. The standard InChI is InChI=1S/C14H21ClN2O/c1-10(2)13(8-16)14(18)17(3)9-11-4-6-12(15)7-5-11/h4-7,10,13H,8-9,16H2,1-3H3. The van der Waals surface area contributed by atoms with Gasteiger partial charge in [-0.15, -0.1) is 0 Å². The molecule has 1 aromatic carbocycles. The zero-order valence-electron chi connectivity index (χ0n) is 11.2. The molecule has 1 rings (SSSR count). The molecule has 0 aliphatic heterocycles. The molecule has 18 heavy (non-hydrogen) atoms. The van der Waals surface area contributed by atoms with E-state index in [0.29, 0.717) is 18.1 Å². The third-order valence-corrected chi connectivity index (χ3v) is 3.34. The highest BCUT2D eigenvalue weighted by atomic mass is 35.5. The van der Waals surface area contributed by atoms with Gasteiger partial charge >= 0.3 is 0 Å². The molecular weight excluding hydrogens is 248 g/mol. The van der Waals surface area contributed by atoms with Gasteiger partial charge in [0.15, 0.2) is 0 Å². The fourth-order valence-electron chi connectivity index (χ4n) is 1.88. The van der Waals surface area contributed by atoms with Gasteiger partial charge in [0, 0.05) is 25.2 Å². The van der Waals surface area contributed by atoms with Gasteiger partial charge < -0.3 is 10.6 Å². The monoisotopic (exact) mass is 268 g/mol. The molecule has 1 unspecified atom stereocenters. The highest BCUT2D eigenvalue weighted by Crippen LogP contribution is 2.15. The van der Waals surface area contributed by atoms with Crippen LogP contribution < -0.4 is 5.73 Å². The lowest BCUT2D eigenvalue weighted by Gasteiger charge is -2.25. The Bertz CT molecular complexity index is 389. The molecule has 0 saturated carbocycles. The quantitative estimate of drug-likeness (QED) is 0.892. The lowest BCUT2D eigenvalue weighted by atomic mass is 9.94. The van der Waals surface area contributed by atoms with Crippen LogP contribution in [0, 0.1) is 11.8 Å². The van der Waals surface area contributed by atoms with E-state index in [1.165, 1.54) is 0 Å². The molecule has 4 heteroatoms. The van der Waals surface area contributed by atoms with Crippen LogP contribution in [0.15, 0.2) is 24.3 Å². The SMILES string of the molecule is CC(C)C(CN)C(=O)N(C)Cc1ccc(Cl)cc1. The molecule has 1 aromatic rings. The first-order chi connectivity index (χ1) is 8.45. The van der Waals surface area contributed by atoms with Crippen molar-refractivity contribution in [2.24, 2.45) is 17.6 Å². The van der Waals surface area contributed by atoms with Crippen molar-refractivity contribution in [1.29, 1.82) is 0 Å². The third kappa shape index (κ3) is 4.00. The second-order valence-electron chi connectivity index (χ2n) is 4.91. The van der Waals surface area contributed by atoms with Crippen LogP contribution in [0.25, 0.3) is 0 Å². The minimum Gasteiger partial charge on any atom is -0.341 e. The highest BCUT2D eigenvalue weighted by Gasteiger charge is 2.23. The molecule has 0 saturated heterocycles. The van der Waals surface area contributed by atoms with Gasteiger partial charge in [-0.05, 0) is 23.6 Å². The number of nitrogens with zero attached hydrogens (tertiary/aromatic N) is 1. The maximum absolute atomic E-state index is 12.2. The van der Waals surface area contributed by atoms with E-state index in [2.05, 4.69) is 0 Å². The Labute approximate surface area is 114 Å². The summed E-state index contributed by atoms with van der Waals surface area (Å²) in [6.07, 6.45) is 0. The summed E-state index contributed by atoms with van der Waals surface area (Å²) in [6, 6.07) is 7.52. The number of amides is 1. The summed E-state index contributed by atoms with van der Waals surface area (Å²) in [4.78, 5) is 13.9. The van der Waals surface area contributed by atoms with Crippen molar-refractivity contribution in [3.8, 4) is 0 Å². The summed E-state index contributed by atoms with van der Waals surface area (Å²) in [5, 5.41) is 0.703. The number of hydrogen-bond acceptors (Lipinski definition) is 2. The van der Waals surface area contributed by atoms with Crippen LogP contribution in [0.1, 0.15) is 19.4 Å². The van der Waals surface area contributed by atoms with Crippen LogP contribution >= 0.6 is 11.6 Å². The summed E-state index contributed by atoms with van der Waals surface area (Å²) in [7, 11) is 1.81. The van der Waals surface area contributed by atoms with Gasteiger partial charge in [-0.25, -0.2) is 0 Å². The van der Waals surface area contributed by atoms with Crippen LogP contribution in [0.5, 0.6) is 0 Å². The molecular formula is C14H21ClN2O. The number of hydrogen-bond donors (Lipinski definition) is 1. The number of halogens is 1. The number of rotatable bonds is 5. The fourth-order valence-corrected chi connectivity index (χ4v) is 2.01. The van der Waals surface area contributed by atoms with Crippen molar-refractivity contribution < 1.29 is 4.79 Å². The van der Waals surface area contributed by atoms with Gasteiger partial charge in [-0.1, -0.05) is 37.6 Å². The van der Waals surface area contributed by atoms with Gasteiger partial charge in [0.25, 0.3) is 0 Å². The molecule has 0 aromatic heterocycles. The minimum absolute atomic E-state index is 0.0995. The molecule has 0 bridgehead atoms. The second-order valence-corrected chi connectivity index (χ2v) is 5.34. The fraction of sp³-hybridized carbons (Fsp3) is 0.500. The van der Waals surface area contributed by atoms with E-state index in [4.69, 9.17) is 17.3 Å². The molecule has 0 fully saturated rings. The smallest absolute Gasteiger partial charge is 0.227 e. The number of carbonyl (C=O) groups excluding carboxylic acids is 1. The third-order valence-electron chi connectivity index (χ3n) is 3.09. The Morgan fingerprint density at radius 1 is 1.33 bits per heavy atom. The second kappa shape index (κ2) is 6.76. The molecule has 0 radical (unpaired) electrons. The van der Waals surface area contributed by atoms with E-state index >= 15 is 0 Å². The van der Waals surface area contributed by atoms with Crippen molar-refractivity contribution >= 4 is 17.5 Å². The van der Waals surface area contributed by atoms with Gasteiger partial charge in [0.2, 0.25) is 5.91 Å². The Morgan fingerprint density at radius 2 is 1.89 bits per heavy atom. The van der Waals surface area contributed by atoms with E-state index in [1.807, 2.05) is 45.2 Å². The van der Waals surface area contributed by atoms with E-state index in [1.54, 1.807) is 4.90 Å². The van der Waals surface area contributed by atoms with Crippen LogP contribution in [-0.2, 0) is 11.3 Å². The average molecular weight is 269 g/mol. The first-order valence-corrected chi connectivity index (χ1v) is 6.53. The molecule has 2 N–H and O–H groups in total. The zero-order chi connectivity index (χ0) is 13.7. The Morgan fingerprint density at radius 3 is 2.33 bits per heavy atom. The Kier molecular flexibility index (Phi) is 5.63. The van der Waals surface area contributed by atoms with Gasteiger partial charge in [-0.3, -0.25) is 4.79 Å². The maximum Gasteiger partial charge on any atom is 0.227 e. The normalized spacial score (nSPS) is 12.6. The Hall–Kier alpha value is -1.06. The van der Waals surface area contributed by atoms with Gasteiger partial charge in [0.05, 0.1) is 5.92 Å². The lowest BCUT2D eigenvalue weighted by molar-refractivity contribution is -0.135. The van der Waals surface area contributed by atoms with E-state index < -0.39 is 0 Å². The van der Waals surface area contributed by atoms with E-state index in [-0.39, 0.29) is 17.7 Å². The number of benzene rings is 1. The first kappa shape index (κ1) is 15.0. The zero-order valence-corrected chi connectivity index (χ0v) is 11.9. The lowest BCUT2D eigenvalue weighted by Crippen LogP contribution is -2.38. The van der Waals surface area contributed by atoms with E-state index in [0.717, 1.165) is 5.56 Å². The van der Waals surface area contributed by atoms with Crippen LogP contribution in [0.4, 0.5) is 0 Å². The maximum atomic E-state index is 12.2. The minimum atomic E-state index is -0.109. The topological polar surface area (TPSA) is 46.3 Å². The molecule has 0 aliphatic rings. The largest absolute Gasteiger partial charge is 0.341 e. The summed E-state index contributed by atoms with van der Waals surface area (Å²) in [5.74, 6) is 0.250. The molecule has 0 aliphatic carbocycles. The van der Waals surface area contributed by atoms with Crippen molar-refractivity contribution in [1.82, 2.24) is 4.90 Å². The predicted molar refractivity (Wildman–Crippen MR) is 75.3 cm³/mol. The first-order valence-electron chi connectivity index (χ1n) is 6.15. The van der Waals surface area contributed by atoms with Crippen LogP contribution in [0.3, 0.4) is 0 Å². The Balaban J connectivity index is 2.67. The molecule has 100 valence electrons. The summed E-state index contributed by atoms with van der Waals surface area (Å²) in [5.41, 5.74) is 6.73. The van der Waals surface area contributed by atoms with Crippen molar-refractivity contribution in [2.75, 3.05) is 13.6 Å². The summed E-state index contributed by atoms with van der Waals surface area (Å²) < 4.78 is 0. The number of nitrogens with two attached hydrogens (primary N) is 1. The highest BCUT2D eigenvalue weighted by molar-refractivity contribution is 6.30. The molecule has 3 nitrogen and oxygen atoms in total. The van der Waals surface area contributed by atoms with Gasteiger partial charge in [-0.2, -0.15) is 0 Å². The predicted octanol–water partition coefficient (Wildman–Crippen LogP) is 2.53. The van der Waals surface area contributed by atoms with Crippen molar-refractivity contribution in [3.05, 3.63) is 34.9 Å². The van der Waals surface area contributed by atoms with E-state index in [9.17, 15) is 4.79 Å². The number of carbonyl (C=O) groups is 1. The molecule has 0 heterocycles.